The smallest absolute Gasteiger partial charge is 0.326 e. The summed E-state index contributed by atoms with van der Waals surface area (Å²) in [6, 6.07) is 2.94. The number of hydrogen-bond donors (Lipinski definition) is 9. The van der Waals surface area contributed by atoms with E-state index in [1.807, 2.05) is 24.3 Å². The summed E-state index contributed by atoms with van der Waals surface area (Å²) in [7, 11) is 0. The number of carbonyl (C=O) groups is 5. The van der Waals surface area contributed by atoms with Gasteiger partial charge >= 0.3 is 5.97 Å². The number of nitrogens with one attached hydrogen (secondary N) is 5. The average molecular weight is 598 g/mol. The summed E-state index contributed by atoms with van der Waals surface area (Å²) in [5.41, 5.74) is 19.2. The molecule has 0 saturated heterocycles. The monoisotopic (exact) mass is 597 g/mol. The molecule has 43 heavy (non-hydrogen) atoms. The van der Waals surface area contributed by atoms with Crippen molar-refractivity contribution in [3.63, 3.8) is 0 Å². The van der Waals surface area contributed by atoms with Gasteiger partial charge in [-0.25, -0.2) is 9.78 Å². The Morgan fingerprint density at radius 3 is 2.26 bits per heavy atom. The number of hydrogen-bond acceptors (Lipinski definition) is 8. The molecule has 4 atom stereocenters. The lowest BCUT2D eigenvalue weighted by atomic mass is 10.0. The second-order valence-corrected chi connectivity index (χ2v) is 10.3. The van der Waals surface area contributed by atoms with Gasteiger partial charge in [0.1, 0.15) is 18.1 Å². The van der Waals surface area contributed by atoms with Crippen LogP contribution in [0.3, 0.4) is 0 Å². The van der Waals surface area contributed by atoms with Crippen LogP contribution in [0.25, 0.3) is 10.9 Å². The van der Waals surface area contributed by atoms with Crippen LogP contribution in [0.1, 0.15) is 43.4 Å². The third-order valence-corrected chi connectivity index (χ3v) is 6.94. The number of fused-ring (bicyclic) bond motifs is 1. The minimum absolute atomic E-state index is 0.0523. The minimum Gasteiger partial charge on any atom is -0.480 e. The van der Waals surface area contributed by atoms with Crippen molar-refractivity contribution in [3.05, 3.63) is 54.2 Å². The quantitative estimate of drug-likeness (QED) is 0.0807. The number of H-pyrrole nitrogens is 2. The van der Waals surface area contributed by atoms with E-state index in [0.29, 0.717) is 25.1 Å². The molecule has 15 heteroatoms. The standard InChI is InChI=1S/C28H39N9O6/c29-10-4-3-7-21(35-25(39)19(30)11-16-13-33-20-6-2-1-5-18(16)20)26(40)37-23(12-17-14-32-15-34-17)27(41)36-22(28(42)43)8-9-24(31)38/h1-2,5-6,13-15,19,21-23,33H,3-4,7-12,29-30H2,(H2,31,38)(H,32,34)(H,35,39)(H,36,41)(H,37,40)(H,42,43). The summed E-state index contributed by atoms with van der Waals surface area (Å²) in [5.74, 6) is -4.10. The Bertz CT molecular complexity index is 1390. The molecule has 3 rings (SSSR count). The highest BCUT2D eigenvalue weighted by atomic mass is 16.4. The van der Waals surface area contributed by atoms with Crippen molar-refractivity contribution in [2.75, 3.05) is 6.54 Å². The summed E-state index contributed by atoms with van der Waals surface area (Å²) in [4.78, 5) is 72.6. The van der Waals surface area contributed by atoms with Crippen LogP contribution in [0.4, 0.5) is 0 Å². The molecule has 15 nitrogen and oxygen atoms in total. The Morgan fingerprint density at radius 2 is 1.58 bits per heavy atom. The Morgan fingerprint density at radius 1 is 0.884 bits per heavy atom. The first-order chi connectivity index (χ1) is 20.6. The Hall–Kier alpha value is -4.76. The lowest BCUT2D eigenvalue weighted by Gasteiger charge is -2.25. The van der Waals surface area contributed by atoms with Crippen molar-refractivity contribution in [2.45, 2.75) is 69.1 Å². The number of carbonyl (C=O) groups excluding carboxylic acids is 4. The van der Waals surface area contributed by atoms with Gasteiger partial charge < -0.3 is 48.2 Å². The fraction of sp³-hybridized carbons (Fsp3) is 0.429. The number of rotatable bonds is 18. The first-order valence-electron chi connectivity index (χ1n) is 14.0. The number of carboxylic acids is 1. The maximum absolute atomic E-state index is 13.5. The molecule has 0 radical (unpaired) electrons. The SMILES string of the molecule is NCCCCC(NC(=O)C(N)Cc1c[nH]c2ccccc12)C(=O)NC(Cc1cnc[nH]1)C(=O)NC(CCC(N)=O)C(=O)O. The summed E-state index contributed by atoms with van der Waals surface area (Å²) in [5, 5.41) is 18.2. The van der Waals surface area contributed by atoms with Gasteiger partial charge in [0.2, 0.25) is 23.6 Å². The number of aliphatic carboxylic acids is 1. The number of nitrogens with zero attached hydrogens (tertiary/aromatic N) is 1. The van der Waals surface area contributed by atoms with Crippen LogP contribution in [0.15, 0.2) is 43.0 Å². The van der Waals surface area contributed by atoms with Gasteiger partial charge in [0.25, 0.3) is 0 Å². The van der Waals surface area contributed by atoms with E-state index in [1.165, 1.54) is 12.5 Å². The van der Waals surface area contributed by atoms with Crippen molar-refractivity contribution in [3.8, 4) is 0 Å². The number of unbranched alkanes of at least 4 members (excludes halogenated alkanes) is 1. The normalized spacial score (nSPS) is 13.9. The summed E-state index contributed by atoms with van der Waals surface area (Å²) in [6.07, 6.45) is 5.65. The summed E-state index contributed by atoms with van der Waals surface area (Å²) >= 11 is 0. The van der Waals surface area contributed by atoms with Gasteiger partial charge in [0.05, 0.1) is 12.4 Å². The van der Waals surface area contributed by atoms with Gasteiger partial charge in [-0.3, -0.25) is 19.2 Å². The lowest BCUT2D eigenvalue weighted by molar-refractivity contribution is -0.142. The number of aromatic nitrogens is 3. The Balaban J connectivity index is 1.73. The zero-order chi connectivity index (χ0) is 31.4. The zero-order valence-corrected chi connectivity index (χ0v) is 23.7. The van der Waals surface area contributed by atoms with Gasteiger partial charge in [-0.1, -0.05) is 18.2 Å². The van der Waals surface area contributed by atoms with Crippen molar-refractivity contribution >= 4 is 40.5 Å². The van der Waals surface area contributed by atoms with Crippen molar-refractivity contribution < 1.29 is 29.1 Å². The highest BCUT2D eigenvalue weighted by Gasteiger charge is 2.31. The van der Waals surface area contributed by atoms with Crippen LogP contribution in [-0.4, -0.2) is 80.4 Å². The molecule has 0 saturated carbocycles. The van der Waals surface area contributed by atoms with Gasteiger partial charge in [0.15, 0.2) is 0 Å². The third kappa shape index (κ3) is 9.93. The molecule has 0 aliphatic heterocycles. The first kappa shape index (κ1) is 32.8. The first-order valence-corrected chi connectivity index (χ1v) is 14.0. The molecule has 0 bridgehead atoms. The summed E-state index contributed by atoms with van der Waals surface area (Å²) in [6.45, 7) is 0.384. The molecule has 1 aromatic carbocycles. The number of benzene rings is 1. The number of carboxylic acid groups (broad SMARTS) is 1. The van der Waals surface area contributed by atoms with E-state index < -0.39 is 53.8 Å². The number of primary amides is 1. The van der Waals surface area contributed by atoms with Gasteiger partial charge in [-0.15, -0.1) is 0 Å². The highest BCUT2D eigenvalue weighted by molar-refractivity contribution is 5.94. The summed E-state index contributed by atoms with van der Waals surface area (Å²) < 4.78 is 0. The number of amides is 4. The molecule has 12 N–H and O–H groups in total. The predicted molar refractivity (Wildman–Crippen MR) is 157 cm³/mol. The van der Waals surface area contributed by atoms with Crippen LogP contribution >= 0.6 is 0 Å². The maximum Gasteiger partial charge on any atom is 0.326 e. The predicted octanol–water partition coefficient (Wildman–Crippen LogP) is -1.06. The van der Waals surface area contributed by atoms with Crippen LogP contribution in [0, 0.1) is 0 Å². The molecule has 3 aromatic rings. The molecule has 4 amide bonds. The number of nitrogens with two attached hydrogens (primary N) is 3. The van der Waals surface area contributed by atoms with E-state index in [1.54, 1.807) is 6.20 Å². The second kappa shape index (κ2) is 16.0. The fourth-order valence-electron chi connectivity index (χ4n) is 4.58. The molecule has 0 fully saturated rings. The Labute approximate surface area is 247 Å². The van der Waals surface area contributed by atoms with E-state index in [2.05, 4.69) is 30.9 Å². The van der Waals surface area contributed by atoms with Crippen LogP contribution in [0.2, 0.25) is 0 Å². The van der Waals surface area contributed by atoms with Crippen LogP contribution in [0.5, 0.6) is 0 Å². The topological polar surface area (TPSA) is 264 Å². The molecule has 2 heterocycles. The molecular weight excluding hydrogens is 558 g/mol. The highest BCUT2D eigenvalue weighted by Crippen LogP contribution is 2.19. The van der Waals surface area contributed by atoms with Crippen molar-refractivity contribution in [1.82, 2.24) is 30.9 Å². The van der Waals surface area contributed by atoms with Crippen molar-refractivity contribution in [2.24, 2.45) is 17.2 Å². The largest absolute Gasteiger partial charge is 0.480 e. The van der Waals surface area contributed by atoms with E-state index >= 15 is 0 Å². The average Bonchev–Trinajstić information content (AvgIpc) is 3.64. The third-order valence-electron chi connectivity index (χ3n) is 6.94. The Kier molecular flexibility index (Phi) is 12.2. The van der Waals surface area contributed by atoms with Crippen LogP contribution in [-0.2, 0) is 36.8 Å². The van der Waals surface area contributed by atoms with Gasteiger partial charge in [-0.05, 0) is 50.3 Å². The van der Waals surface area contributed by atoms with Gasteiger partial charge in [0, 0.05) is 41.8 Å². The molecule has 0 aliphatic rings. The lowest BCUT2D eigenvalue weighted by Crippen LogP contribution is -2.57. The minimum atomic E-state index is -1.41. The molecule has 2 aromatic heterocycles. The van der Waals surface area contributed by atoms with Gasteiger partial charge in [-0.2, -0.15) is 0 Å². The van der Waals surface area contributed by atoms with E-state index in [0.717, 1.165) is 16.5 Å². The maximum atomic E-state index is 13.5. The molecule has 232 valence electrons. The number of para-hydroxylation sites is 1. The zero-order valence-electron chi connectivity index (χ0n) is 23.7. The number of imidazole rings is 1. The van der Waals surface area contributed by atoms with Crippen LogP contribution < -0.4 is 33.2 Å². The molecule has 0 aliphatic carbocycles. The number of aromatic amines is 2. The van der Waals surface area contributed by atoms with E-state index in [9.17, 15) is 29.1 Å². The van der Waals surface area contributed by atoms with Crippen molar-refractivity contribution in [1.29, 1.82) is 0 Å². The van der Waals surface area contributed by atoms with E-state index in [-0.39, 0.29) is 32.1 Å². The molecular formula is C28H39N9O6. The molecule has 4 unspecified atom stereocenters. The van der Waals surface area contributed by atoms with E-state index in [4.69, 9.17) is 17.2 Å². The second-order valence-electron chi connectivity index (χ2n) is 10.3. The fourth-order valence-corrected chi connectivity index (χ4v) is 4.58. The molecule has 0 spiro atoms.